The summed E-state index contributed by atoms with van der Waals surface area (Å²) in [5, 5.41) is 11.5. The minimum atomic E-state index is -4.67. The molecule has 0 radical (unpaired) electrons. The van der Waals surface area contributed by atoms with E-state index in [0.717, 1.165) is 41.9 Å². The number of alkyl halides is 3. The third-order valence-corrected chi connectivity index (χ3v) is 5.76. The van der Waals surface area contributed by atoms with Gasteiger partial charge in [0.25, 0.3) is 0 Å². The first-order valence-corrected chi connectivity index (χ1v) is 11.0. The van der Waals surface area contributed by atoms with Crippen LogP contribution in [0.2, 0.25) is 0 Å². The van der Waals surface area contributed by atoms with E-state index < -0.39 is 42.3 Å². The number of halogens is 3. The molecule has 2 amide bonds. The Balaban J connectivity index is 2.30. The van der Waals surface area contributed by atoms with E-state index in [1.54, 1.807) is 0 Å². The number of hydrogen-bond donors (Lipinski definition) is 2. The molecule has 0 saturated carbocycles. The fourth-order valence-corrected chi connectivity index (χ4v) is 3.96. The van der Waals surface area contributed by atoms with Crippen LogP contribution in [0.4, 0.5) is 23.7 Å². The largest absolute Gasteiger partial charge is 0.468 e. The van der Waals surface area contributed by atoms with E-state index in [0.29, 0.717) is 11.1 Å². The van der Waals surface area contributed by atoms with Crippen molar-refractivity contribution in [3.05, 3.63) is 76.5 Å². The average molecular weight is 530 g/mol. The molecule has 198 valence electrons. The molecule has 2 aromatic rings. The Morgan fingerprint density at radius 3 is 2.34 bits per heavy atom. The molecular formula is C25H23F3N5O5+. The van der Waals surface area contributed by atoms with Gasteiger partial charge in [-0.1, -0.05) is 18.2 Å². The summed E-state index contributed by atoms with van der Waals surface area (Å²) in [6.45, 7) is 0.888. The summed E-state index contributed by atoms with van der Waals surface area (Å²) < 4.78 is 51.0. The minimum Gasteiger partial charge on any atom is -0.468 e. The molecule has 10 nitrogen and oxygen atoms in total. The number of nitriles is 1. The number of methoxy groups -OCH3 is 2. The average Bonchev–Trinajstić information content (AvgIpc) is 2.90. The number of carbonyl (C=O) groups is 3. The normalized spacial score (nSPS) is 15.6. The van der Waals surface area contributed by atoms with Gasteiger partial charge in [0.2, 0.25) is 0 Å². The Morgan fingerprint density at radius 2 is 1.79 bits per heavy atom. The van der Waals surface area contributed by atoms with Gasteiger partial charge in [-0.05, 0) is 42.8 Å². The topological polar surface area (TPSA) is 138 Å². The van der Waals surface area contributed by atoms with Crippen LogP contribution in [0.15, 0.2) is 59.8 Å². The molecule has 38 heavy (non-hydrogen) atoms. The van der Waals surface area contributed by atoms with E-state index in [-0.39, 0.29) is 22.9 Å². The molecule has 0 aliphatic carbocycles. The van der Waals surface area contributed by atoms with E-state index in [1.165, 1.54) is 37.3 Å². The number of benzene rings is 2. The van der Waals surface area contributed by atoms with Gasteiger partial charge in [0, 0.05) is 0 Å². The molecular weight excluding hydrogens is 507 g/mol. The molecule has 3 rings (SSSR count). The van der Waals surface area contributed by atoms with Crippen LogP contribution in [0.5, 0.6) is 0 Å². The van der Waals surface area contributed by atoms with Gasteiger partial charge in [-0.15, -0.1) is 0 Å². The summed E-state index contributed by atoms with van der Waals surface area (Å²) in [5.74, 6) is -2.02. The number of rotatable bonds is 5. The Kier molecular flexibility index (Phi) is 8.05. The van der Waals surface area contributed by atoms with Crippen LogP contribution < -0.4 is 11.1 Å². The molecule has 0 bridgehead atoms. The number of carbonyl (C=O) groups excluding carboxylic acids is 3. The van der Waals surface area contributed by atoms with Crippen LogP contribution in [0.3, 0.4) is 0 Å². The molecule has 2 aromatic carbocycles. The van der Waals surface area contributed by atoms with E-state index in [4.69, 9.17) is 15.7 Å². The number of hydrogen-bond acceptors (Lipinski definition) is 7. The Bertz CT molecular complexity index is 1380. The van der Waals surface area contributed by atoms with Gasteiger partial charge in [-0.25, -0.2) is 14.2 Å². The van der Waals surface area contributed by atoms with Crippen molar-refractivity contribution in [3.63, 3.8) is 0 Å². The number of amides is 2. The third-order valence-electron chi connectivity index (χ3n) is 5.76. The Morgan fingerprint density at radius 1 is 1.13 bits per heavy atom. The van der Waals surface area contributed by atoms with Gasteiger partial charge in [0.1, 0.15) is 23.8 Å². The van der Waals surface area contributed by atoms with Crippen LogP contribution in [0, 0.1) is 11.3 Å². The van der Waals surface area contributed by atoms with Crippen molar-refractivity contribution in [2.75, 3.05) is 20.8 Å². The Hall–Kier alpha value is -4.86. The molecule has 0 aromatic heterocycles. The quantitative estimate of drug-likeness (QED) is 0.448. The molecule has 1 aliphatic rings. The predicted molar refractivity (Wildman–Crippen MR) is 126 cm³/mol. The highest BCUT2D eigenvalue weighted by molar-refractivity contribution is 6.00. The summed E-state index contributed by atoms with van der Waals surface area (Å²) in [6, 6.07) is 9.85. The third kappa shape index (κ3) is 5.44. The molecule has 13 heteroatoms. The lowest BCUT2D eigenvalue weighted by molar-refractivity contribution is -0.396. The maximum Gasteiger partial charge on any atom is 0.416 e. The first kappa shape index (κ1) is 27.7. The van der Waals surface area contributed by atoms with Gasteiger partial charge < -0.3 is 14.8 Å². The zero-order chi connectivity index (χ0) is 28.2. The molecule has 0 fully saturated rings. The van der Waals surface area contributed by atoms with Crippen molar-refractivity contribution < 1.29 is 41.6 Å². The second kappa shape index (κ2) is 11.0. The lowest BCUT2D eigenvalue weighted by atomic mass is 9.93. The van der Waals surface area contributed by atoms with Crippen LogP contribution >= 0.6 is 0 Å². The Labute approximate surface area is 215 Å². The van der Waals surface area contributed by atoms with Gasteiger partial charge in [0.15, 0.2) is 0 Å². The van der Waals surface area contributed by atoms with Crippen LogP contribution in [-0.4, -0.2) is 54.2 Å². The maximum absolute atomic E-state index is 13.5. The smallest absolute Gasteiger partial charge is 0.416 e. The first-order chi connectivity index (χ1) is 17.9. The van der Waals surface area contributed by atoms with Gasteiger partial charge in [-0.3, -0.25) is 10.5 Å². The molecule has 1 atom stereocenters. The summed E-state index contributed by atoms with van der Waals surface area (Å²) in [4.78, 5) is 39.0. The fourth-order valence-electron chi connectivity index (χ4n) is 3.96. The van der Waals surface area contributed by atoms with Gasteiger partial charge >= 0.3 is 30.1 Å². The zero-order valence-corrected chi connectivity index (χ0v) is 20.5. The van der Waals surface area contributed by atoms with E-state index in [2.05, 4.69) is 10.1 Å². The van der Waals surface area contributed by atoms with E-state index >= 15 is 0 Å². The highest BCUT2D eigenvalue weighted by Crippen LogP contribution is 2.38. The van der Waals surface area contributed by atoms with Gasteiger partial charge in [-0.2, -0.15) is 23.3 Å². The van der Waals surface area contributed by atoms with E-state index in [9.17, 15) is 27.6 Å². The van der Waals surface area contributed by atoms with Crippen molar-refractivity contribution in [1.29, 1.82) is 5.26 Å². The number of nitrogens with two attached hydrogens (primary N) is 1. The van der Waals surface area contributed by atoms with Crippen molar-refractivity contribution in [2.24, 2.45) is 5.73 Å². The predicted octanol–water partition coefficient (Wildman–Crippen LogP) is 2.92. The van der Waals surface area contributed by atoms with Crippen molar-refractivity contribution in [1.82, 2.24) is 10.2 Å². The molecule has 1 aliphatic heterocycles. The molecule has 0 saturated heterocycles. The molecule has 3 N–H and O–H groups in total. The molecule has 0 spiro atoms. The second-order valence-electron chi connectivity index (χ2n) is 7.97. The number of nitrogens with one attached hydrogen (secondary N) is 1. The van der Waals surface area contributed by atoms with Crippen molar-refractivity contribution in [2.45, 2.75) is 19.1 Å². The highest BCUT2D eigenvalue weighted by Gasteiger charge is 2.47. The maximum atomic E-state index is 13.5. The number of nitrogens with zero attached hydrogens (tertiary/aromatic N) is 3. The zero-order valence-electron chi connectivity index (χ0n) is 20.5. The number of ether oxygens (including phenoxy) is 2. The van der Waals surface area contributed by atoms with Crippen LogP contribution in [0.25, 0.3) is 0 Å². The summed E-state index contributed by atoms with van der Waals surface area (Å²) in [5.41, 5.74) is 5.96. The number of urea groups is 1. The fraction of sp³-hybridized carbons (Fsp3) is 0.240. The summed E-state index contributed by atoms with van der Waals surface area (Å²) in [7, 11) is 2.22. The number of allylic oxidation sites excluding steroid dienone is 1. The summed E-state index contributed by atoms with van der Waals surface area (Å²) >= 11 is 0. The monoisotopic (exact) mass is 530 g/mol. The highest BCUT2D eigenvalue weighted by atomic mass is 19.4. The lowest BCUT2D eigenvalue weighted by Gasteiger charge is -2.33. The SMILES string of the molecule is COC(=O)CNC(=O)N1C(N)=[N+](c2cccc(C(F)(F)F)c2)C(C)=C(C(=O)OC)[C@H]1c1ccc(C#N)cc1. The van der Waals surface area contributed by atoms with E-state index in [1.807, 2.05) is 6.07 Å². The molecule has 0 unspecified atom stereocenters. The molecule has 1 heterocycles. The van der Waals surface area contributed by atoms with Crippen LogP contribution in [-0.2, 0) is 25.2 Å². The lowest BCUT2D eigenvalue weighted by Crippen LogP contribution is -2.56. The first-order valence-electron chi connectivity index (χ1n) is 11.0. The number of guanidine groups is 1. The van der Waals surface area contributed by atoms with Gasteiger partial charge in [0.05, 0.1) is 37.1 Å². The van der Waals surface area contributed by atoms with Crippen LogP contribution in [0.1, 0.15) is 29.7 Å². The van der Waals surface area contributed by atoms with Crippen molar-refractivity contribution >= 4 is 29.6 Å². The standard InChI is InChI=1S/C25H22F3N5O5/c1-14-20(22(35)38-3)21(16-9-7-15(12-29)8-10-16)33(24(36)31-13-19(34)37-2)23(30)32(14)18-6-4-5-17(11-18)25(26,27)28/h4-11,21,30H,13H2,1-3H3,(H,31,36)/p+1/t21-/m1/s1. The minimum absolute atomic E-state index is 0.0831. The number of esters is 2. The summed E-state index contributed by atoms with van der Waals surface area (Å²) in [6.07, 6.45) is -4.67. The van der Waals surface area contributed by atoms with Crippen molar-refractivity contribution in [3.8, 4) is 6.07 Å². The second-order valence-corrected chi connectivity index (χ2v) is 7.97.